The molecule has 1 aliphatic heterocycles. The molecule has 0 aliphatic carbocycles. The number of H-pyrrole nitrogens is 2. The summed E-state index contributed by atoms with van der Waals surface area (Å²) in [5, 5.41) is 13.0. The van der Waals surface area contributed by atoms with Gasteiger partial charge in [-0.05, 0) is 78.9 Å². The first-order valence-electron chi connectivity index (χ1n) is 11.2. The van der Waals surface area contributed by atoms with Crippen molar-refractivity contribution in [1.29, 1.82) is 0 Å². The van der Waals surface area contributed by atoms with Crippen LogP contribution in [0.5, 0.6) is 5.75 Å². The Balaban J connectivity index is 1.46. The van der Waals surface area contributed by atoms with Gasteiger partial charge in [-0.3, -0.25) is 5.10 Å². The van der Waals surface area contributed by atoms with Crippen molar-refractivity contribution in [1.82, 2.24) is 25.5 Å². The van der Waals surface area contributed by atoms with Gasteiger partial charge in [0.1, 0.15) is 11.6 Å². The Morgan fingerprint density at radius 3 is 2.76 bits per heavy atom. The lowest BCUT2D eigenvalue weighted by molar-refractivity contribution is 0.411. The number of aromatic nitrogens is 4. The van der Waals surface area contributed by atoms with Crippen LogP contribution in [0.15, 0.2) is 54.7 Å². The van der Waals surface area contributed by atoms with E-state index in [1.807, 2.05) is 30.5 Å². The van der Waals surface area contributed by atoms with Gasteiger partial charge >= 0.3 is 0 Å². The van der Waals surface area contributed by atoms with Crippen LogP contribution in [0.4, 0.5) is 4.39 Å². The lowest BCUT2D eigenvalue weighted by Gasteiger charge is -2.22. The van der Waals surface area contributed by atoms with Gasteiger partial charge in [0.2, 0.25) is 0 Å². The molecule has 0 spiro atoms. The second kappa shape index (κ2) is 8.01. The molecule has 6 nitrogen and oxygen atoms in total. The summed E-state index contributed by atoms with van der Waals surface area (Å²) in [5.41, 5.74) is 6.47. The molecular weight excluding hydrogens is 417 g/mol. The molecule has 0 saturated carbocycles. The topological polar surface area (TPSA) is 78.6 Å². The summed E-state index contributed by atoms with van der Waals surface area (Å²) in [6.45, 7) is 2.08. The zero-order valence-corrected chi connectivity index (χ0v) is 18.3. The normalized spacial score (nSPS) is 14.8. The van der Waals surface area contributed by atoms with Gasteiger partial charge in [-0.2, -0.15) is 5.10 Å². The molecule has 2 aromatic carbocycles. The van der Waals surface area contributed by atoms with Gasteiger partial charge in [-0.25, -0.2) is 9.37 Å². The van der Waals surface area contributed by atoms with E-state index in [-0.39, 0.29) is 5.82 Å². The van der Waals surface area contributed by atoms with Gasteiger partial charge in [-0.15, -0.1) is 0 Å². The Morgan fingerprint density at radius 2 is 1.91 bits per heavy atom. The minimum atomic E-state index is -0.326. The minimum absolute atomic E-state index is 0.326. The van der Waals surface area contributed by atoms with E-state index in [1.54, 1.807) is 7.11 Å². The summed E-state index contributed by atoms with van der Waals surface area (Å²) in [6, 6.07) is 15.1. The summed E-state index contributed by atoms with van der Waals surface area (Å²) in [5.74, 6) is 0.685. The number of nitrogens with one attached hydrogen (secondary N) is 3. The Morgan fingerprint density at radius 1 is 1.03 bits per heavy atom. The SMILES string of the molecule is COc1cc(F)cc(-c2cccc3[nH]c(-c4[nH]nc5ncc(C6CCNCC6)cc45)cc23)c1. The fraction of sp³-hybridized carbons (Fsp3) is 0.231. The monoisotopic (exact) mass is 441 g/mol. The van der Waals surface area contributed by atoms with Crippen molar-refractivity contribution in [2.24, 2.45) is 0 Å². The summed E-state index contributed by atoms with van der Waals surface area (Å²) in [4.78, 5) is 8.13. The fourth-order valence-electron chi connectivity index (χ4n) is 4.88. The fourth-order valence-corrected chi connectivity index (χ4v) is 4.88. The number of hydrogen-bond acceptors (Lipinski definition) is 4. The summed E-state index contributed by atoms with van der Waals surface area (Å²) in [7, 11) is 1.54. The predicted molar refractivity (Wildman–Crippen MR) is 128 cm³/mol. The maximum atomic E-state index is 14.2. The van der Waals surface area contributed by atoms with E-state index in [9.17, 15) is 4.39 Å². The van der Waals surface area contributed by atoms with Crippen molar-refractivity contribution in [3.8, 4) is 28.3 Å². The molecule has 0 atom stereocenters. The molecule has 0 amide bonds. The number of halogens is 1. The summed E-state index contributed by atoms with van der Waals surface area (Å²) < 4.78 is 19.5. The molecule has 4 heterocycles. The largest absolute Gasteiger partial charge is 0.497 e. The number of piperidine rings is 1. The standard InChI is InChI=1S/C26H24FN5O/c1-33-19-10-16(9-18(27)12-19)20-3-2-4-23-21(20)13-24(30-23)25-22-11-17(14-29-26(22)32-31-25)15-5-7-28-8-6-15/h2-4,9-15,28,30H,5-8H2,1H3,(H,29,31,32). The highest BCUT2D eigenvalue weighted by atomic mass is 19.1. The van der Waals surface area contributed by atoms with Crippen LogP contribution in [0.2, 0.25) is 0 Å². The van der Waals surface area contributed by atoms with Gasteiger partial charge in [0.05, 0.1) is 18.5 Å². The van der Waals surface area contributed by atoms with Gasteiger partial charge in [0.25, 0.3) is 0 Å². The predicted octanol–water partition coefficient (Wildman–Crippen LogP) is 5.39. The molecule has 166 valence electrons. The molecule has 0 radical (unpaired) electrons. The number of methoxy groups -OCH3 is 1. The van der Waals surface area contributed by atoms with Gasteiger partial charge < -0.3 is 15.0 Å². The van der Waals surface area contributed by atoms with E-state index in [0.717, 1.165) is 64.7 Å². The average Bonchev–Trinajstić information content (AvgIpc) is 3.47. The number of fused-ring (bicyclic) bond motifs is 2. The third-order valence-electron chi connectivity index (χ3n) is 6.59. The van der Waals surface area contributed by atoms with Crippen molar-refractivity contribution >= 4 is 21.9 Å². The van der Waals surface area contributed by atoms with E-state index in [4.69, 9.17) is 4.74 Å². The lowest BCUT2D eigenvalue weighted by Crippen LogP contribution is -2.26. The highest BCUT2D eigenvalue weighted by molar-refractivity contribution is 6.00. The number of rotatable bonds is 4. The molecule has 6 rings (SSSR count). The Kier molecular flexibility index (Phi) is 4.84. The summed E-state index contributed by atoms with van der Waals surface area (Å²) in [6.07, 6.45) is 4.20. The highest BCUT2D eigenvalue weighted by Crippen LogP contribution is 2.36. The summed E-state index contributed by atoms with van der Waals surface area (Å²) >= 11 is 0. The van der Waals surface area contributed by atoms with Crippen LogP contribution in [0.1, 0.15) is 24.3 Å². The molecule has 1 aliphatic rings. The number of ether oxygens (including phenoxy) is 1. The first-order valence-corrected chi connectivity index (χ1v) is 11.2. The first-order chi connectivity index (χ1) is 16.2. The maximum absolute atomic E-state index is 14.2. The molecule has 3 N–H and O–H groups in total. The number of benzene rings is 2. The van der Waals surface area contributed by atoms with Crippen molar-refractivity contribution < 1.29 is 9.13 Å². The number of hydrogen-bond donors (Lipinski definition) is 3. The molecular formula is C26H24FN5O. The van der Waals surface area contributed by atoms with E-state index in [1.165, 1.54) is 17.7 Å². The van der Waals surface area contributed by atoms with Gasteiger partial charge in [-0.1, -0.05) is 12.1 Å². The van der Waals surface area contributed by atoms with Crippen molar-refractivity contribution in [2.45, 2.75) is 18.8 Å². The molecule has 0 bridgehead atoms. The third-order valence-corrected chi connectivity index (χ3v) is 6.59. The second-order valence-corrected chi connectivity index (χ2v) is 8.59. The van der Waals surface area contributed by atoms with Crippen LogP contribution < -0.4 is 10.1 Å². The van der Waals surface area contributed by atoms with Crippen LogP contribution in [0.25, 0.3) is 44.5 Å². The smallest absolute Gasteiger partial charge is 0.181 e. The third kappa shape index (κ3) is 3.54. The van der Waals surface area contributed by atoms with E-state index in [0.29, 0.717) is 17.3 Å². The van der Waals surface area contributed by atoms with Crippen LogP contribution in [-0.4, -0.2) is 40.4 Å². The molecule has 7 heteroatoms. The first kappa shape index (κ1) is 19.9. The van der Waals surface area contributed by atoms with E-state index >= 15 is 0 Å². The van der Waals surface area contributed by atoms with E-state index < -0.39 is 0 Å². The average molecular weight is 442 g/mol. The maximum Gasteiger partial charge on any atom is 0.181 e. The van der Waals surface area contributed by atoms with Crippen LogP contribution in [-0.2, 0) is 0 Å². The molecule has 33 heavy (non-hydrogen) atoms. The Bertz CT molecular complexity index is 1460. The highest BCUT2D eigenvalue weighted by Gasteiger charge is 2.19. The second-order valence-electron chi connectivity index (χ2n) is 8.59. The molecule has 0 unspecified atom stereocenters. The van der Waals surface area contributed by atoms with E-state index in [2.05, 4.69) is 37.6 Å². The Hall–Kier alpha value is -3.71. The van der Waals surface area contributed by atoms with Crippen molar-refractivity contribution in [2.75, 3.05) is 20.2 Å². The minimum Gasteiger partial charge on any atom is -0.497 e. The zero-order valence-electron chi connectivity index (χ0n) is 18.3. The van der Waals surface area contributed by atoms with Crippen LogP contribution in [0, 0.1) is 5.82 Å². The van der Waals surface area contributed by atoms with Gasteiger partial charge in [0.15, 0.2) is 5.65 Å². The molecule has 1 saturated heterocycles. The van der Waals surface area contributed by atoms with Crippen molar-refractivity contribution in [3.63, 3.8) is 0 Å². The quantitative estimate of drug-likeness (QED) is 0.350. The van der Waals surface area contributed by atoms with Crippen LogP contribution >= 0.6 is 0 Å². The molecule has 1 fully saturated rings. The Labute approximate surface area is 190 Å². The van der Waals surface area contributed by atoms with Crippen LogP contribution in [0.3, 0.4) is 0 Å². The molecule has 3 aromatic heterocycles. The van der Waals surface area contributed by atoms with Crippen molar-refractivity contribution in [3.05, 3.63) is 66.1 Å². The number of aromatic amines is 2. The van der Waals surface area contributed by atoms with Gasteiger partial charge in [0, 0.05) is 28.6 Å². The molecule has 5 aromatic rings. The number of nitrogens with zero attached hydrogens (tertiary/aromatic N) is 2. The zero-order chi connectivity index (χ0) is 22.4. The lowest BCUT2D eigenvalue weighted by atomic mass is 9.91. The number of pyridine rings is 1.